The monoisotopic (exact) mass is 352 g/mol. The molecule has 128 valence electrons. The molecular weight excluding hydrogens is 332 g/mol. The van der Waals surface area contributed by atoms with E-state index in [9.17, 15) is 4.79 Å². The van der Waals surface area contributed by atoms with Crippen molar-refractivity contribution in [2.24, 2.45) is 5.73 Å². The van der Waals surface area contributed by atoms with Gasteiger partial charge in [-0.05, 0) is 66.3 Å². The Labute approximate surface area is 151 Å². The Kier molecular flexibility index (Phi) is 4.14. The van der Waals surface area contributed by atoms with Gasteiger partial charge in [-0.25, -0.2) is 0 Å². The van der Waals surface area contributed by atoms with Gasteiger partial charge in [0, 0.05) is 22.1 Å². The summed E-state index contributed by atoms with van der Waals surface area (Å²) in [5.74, 6) is 0.386. The first kappa shape index (κ1) is 16.4. The van der Waals surface area contributed by atoms with E-state index >= 15 is 0 Å². The van der Waals surface area contributed by atoms with Crippen LogP contribution in [0.15, 0.2) is 59.5 Å². The maximum Gasteiger partial charge on any atom is 0.255 e. The normalized spacial score (nSPS) is 23.7. The predicted octanol–water partition coefficient (Wildman–Crippen LogP) is 4.69. The summed E-state index contributed by atoms with van der Waals surface area (Å²) in [6.07, 6.45) is 5.56. The molecule has 0 aliphatic heterocycles. The van der Waals surface area contributed by atoms with Crippen LogP contribution in [0.3, 0.4) is 0 Å². The molecule has 0 unspecified atom stereocenters. The second kappa shape index (κ2) is 6.32. The maximum absolute atomic E-state index is 11.9. The number of hydrogen-bond donors (Lipinski definition) is 2. The Hall–Kier alpha value is -2.10. The van der Waals surface area contributed by atoms with Crippen LogP contribution in [0, 0.1) is 0 Å². The number of nitrogens with one attached hydrogen (secondary N) is 1. The first-order valence-electron chi connectivity index (χ1n) is 8.72. The van der Waals surface area contributed by atoms with Gasteiger partial charge in [0.05, 0.1) is 0 Å². The van der Waals surface area contributed by atoms with Gasteiger partial charge in [0.1, 0.15) is 0 Å². The number of benzene rings is 2. The zero-order valence-corrected chi connectivity index (χ0v) is 14.7. The Bertz CT molecular complexity index is 957. The van der Waals surface area contributed by atoms with Crippen molar-refractivity contribution in [1.29, 1.82) is 0 Å². The van der Waals surface area contributed by atoms with Gasteiger partial charge in [-0.15, -0.1) is 0 Å². The SMILES string of the molecule is N[C@]1(c2ccccc2)CC[C@@H](c2cc3cc[nH]c(=O)c3cc2Cl)CC1. The van der Waals surface area contributed by atoms with Gasteiger partial charge in [-0.2, -0.15) is 0 Å². The molecule has 0 radical (unpaired) electrons. The van der Waals surface area contributed by atoms with E-state index in [0.29, 0.717) is 16.3 Å². The Morgan fingerprint density at radius 2 is 1.80 bits per heavy atom. The van der Waals surface area contributed by atoms with Gasteiger partial charge in [0.15, 0.2) is 0 Å². The smallest absolute Gasteiger partial charge is 0.255 e. The number of pyridine rings is 1. The molecule has 3 nitrogen and oxygen atoms in total. The number of aromatic amines is 1. The lowest BCUT2D eigenvalue weighted by molar-refractivity contribution is 0.277. The lowest BCUT2D eigenvalue weighted by Gasteiger charge is -2.38. The van der Waals surface area contributed by atoms with Gasteiger partial charge in [-0.1, -0.05) is 41.9 Å². The van der Waals surface area contributed by atoms with E-state index < -0.39 is 0 Å². The molecule has 4 rings (SSSR count). The number of halogens is 1. The topological polar surface area (TPSA) is 58.9 Å². The molecule has 0 atom stereocenters. The number of fused-ring (bicyclic) bond motifs is 1. The Morgan fingerprint density at radius 1 is 1.08 bits per heavy atom. The van der Waals surface area contributed by atoms with E-state index in [1.165, 1.54) is 5.56 Å². The minimum absolute atomic E-state index is 0.0975. The number of nitrogens with two attached hydrogens (primary N) is 1. The molecule has 0 amide bonds. The first-order chi connectivity index (χ1) is 12.1. The van der Waals surface area contributed by atoms with Gasteiger partial charge in [0.25, 0.3) is 5.56 Å². The largest absolute Gasteiger partial charge is 0.329 e. The van der Waals surface area contributed by atoms with E-state index in [4.69, 9.17) is 17.3 Å². The molecular formula is C21H21ClN2O. The Morgan fingerprint density at radius 3 is 2.52 bits per heavy atom. The molecule has 3 N–H and O–H groups in total. The summed E-state index contributed by atoms with van der Waals surface area (Å²) in [4.78, 5) is 14.6. The third-order valence-corrected chi connectivity index (χ3v) is 5.88. The molecule has 2 aromatic carbocycles. The van der Waals surface area contributed by atoms with Crippen LogP contribution in [0.5, 0.6) is 0 Å². The molecule has 0 saturated heterocycles. The molecule has 0 bridgehead atoms. The molecule has 3 aromatic rings. The van der Waals surface area contributed by atoms with Crippen molar-refractivity contribution in [3.8, 4) is 0 Å². The molecule has 25 heavy (non-hydrogen) atoms. The van der Waals surface area contributed by atoms with Crippen LogP contribution in [0.1, 0.15) is 42.7 Å². The highest BCUT2D eigenvalue weighted by molar-refractivity contribution is 6.32. The van der Waals surface area contributed by atoms with Crippen molar-refractivity contribution < 1.29 is 0 Å². The highest BCUT2D eigenvalue weighted by Crippen LogP contribution is 2.43. The van der Waals surface area contributed by atoms with E-state index in [2.05, 4.69) is 23.2 Å². The molecule has 1 fully saturated rings. The van der Waals surface area contributed by atoms with E-state index in [0.717, 1.165) is 36.6 Å². The minimum atomic E-state index is -0.252. The van der Waals surface area contributed by atoms with Crippen molar-refractivity contribution in [3.63, 3.8) is 0 Å². The van der Waals surface area contributed by atoms with Crippen molar-refractivity contribution in [3.05, 3.63) is 81.2 Å². The van der Waals surface area contributed by atoms with E-state index in [1.54, 1.807) is 12.3 Å². The predicted molar refractivity (Wildman–Crippen MR) is 103 cm³/mol. The summed E-state index contributed by atoms with van der Waals surface area (Å²) >= 11 is 6.51. The van der Waals surface area contributed by atoms with Gasteiger partial charge in [0.2, 0.25) is 0 Å². The molecule has 1 heterocycles. The zero-order valence-electron chi connectivity index (χ0n) is 14.0. The summed E-state index contributed by atoms with van der Waals surface area (Å²) in [7, 11) is 0. The van der Waals surface area contributed by atoms with Crippen LogP contribution in [0.25, 0.3) is 10.8 Å². The fourth-order valence-corrected chi connectivity index (χ4v) is 4.36. The zero-order chi connectivity index (χ0) is 17.4. The van der Waals surface area contributed by atoms with Gasteiger partial charge < -0.3 is 10.7 Å². The van der Waals surface area contributed by atoms with Crippen molar-refractivity contribution in [2.45, 2.75) is 37.1 Å². The average molecular weight is 353 g/mol. The molecule has 0 spiro atoms. The van der Waals surface area contributed by atoms with Crippen LogP contribution < -0.4 is 11.3 Å². The van der Waals surface area contributed by atoms with E-state index in [1.807, 2.05) is 24.3 Å². The maximum atomic E-state index is 11.9. The van der Waals surface area contributed by atoms with Crippen LogP contribution >= 0.6 is 11.6 Å². The Balaban J connectivity index is 1.62. The standard InChI is InChI=1S/C21H21ClN2O/c22-19-13-18-15(8-11-24-20(18)25)12-17(19)14-6-9-21(23,10-7-14)16-4-2-1-3-5-16/h1-5,8,11-14H,6-7,9-10,23H2,(H,24,25)/t14-,21-. The highest BCUT2D eigenvalue weighted by Gasteiger charge is 2.34. The fourth-order valence-electron chi connectivity index (χ4n) is 4.04. The minimum Gasteiger partial charge on any atom is -0.329 e. The summed E-state index contributed by atoms with van der Waals surface area (Å²) in [5.41, 5.74) is 8.69. The molecule has 1 aromatic heterocycles. The number of rotatable bonds is 2. The molecule has 1 aliphatic carbocycles. The van der Waals surface area contributed by atoms with Gasteiger partial charge in [-0.3, -0.25) is 4.79 Å². The lowest BCUT2D eigenvalue weighted by atomic mass is 9.71. The second-order valence-electron chi connectivity index (χ2n) is 7.06. The lowest BCUT2D eigenvalue weighted by Crippen LogP contribution is -2.40. The second-order valence-corrected chi connectivity index (χ2v) is 7.47. The van der Waals surface area contributed by atoms with Crippen molar-refractivity contribution in [2.75, 3.05) is 0 Å². The molecule has 1 saturated carbocycles. The van der Waals surface area contributed by atoms with Crippen molar-refractivity contribution in [1.82, 2.24) is 4.98 Å². The van der Waals surface area contributed by atoms with Gasteiger partial charge >= 0.3 is 0 Å². The van der Waals surface area contributed by atoms with Crippen molar-refractivity contribution >= 4 is 22.4 Å². The molecule has 4 heteroatoms. The number of H-pyrrole nitrogens is 1. The number of hydrogen-bond acceptors (Lipinski definition) is 2. The van der Waals surface area contributed by atoms with Crippen LogP contribution in [0.4, 0.5) is 0 Å². The quantitative estimate of drug-likeness (QED) is 0.702. The first-order valence-corrected chi connectivity index (χ1v) is 9.10. The third kappa shape index (κ3) is 2.99. The van der Waals surface area contributed by atoms with Crippen LogP contribution in [-0.4, -0.2) is 4.98 Å². The summed E-state index contributed by atoms with van der Waals surface area (Å²) < 4.78 is 0. The summed E-state index contributed by atoms with van der Waals surface area (Å²) in [5, 5.41) is 2.26. The van der Waals surface area contributed by atoms with Crippen LogP contribution in [-0.2, 0) is 5.54 Å². The average Bonchev–Trinajstić information content (AvgIpc) is 2.64. The third-order valence-electron chi connectivity index (χ3n) is 5.56. The summed E-state index contributed by atoms with van der Waals surface area (Å²) in [6.45, 7) is 0. The highest BCUT2D eigenvalue weighted by atomic mass is 35.5. The molecule has 1 aliphatic rings. The van der Waals surface area contributed by atoms with Crippen LogP contribution in [0.2, 0.25) is 5.02 Å². The summed E-state index contributed by atoms with van der Waals surface area (Å²) in [6, 6.07) is 16.2. The van der Waals surface area contributed by atoms with E-state index in [-0.39, 0.29) is 11.1 Å². The number of aromatic nitrogens is 1. The fraction of sp³-hybridized carbons (Fsp3) is 0.286.